The van der Waals surface area contributed by atoms with Crippen molar-refractivity contribution in [2.45, 2.75) is 44.6 Å². The van der Waals surface area contributed by atoms with Crippen molar-refractivity contribution in [2.75, 3.05) is 13.1 Å². The van der Waals surface area contributed by atoms with Crippen LogP contribution in [0.15, 0.2) is 0 Å². The summed E-state index contributed by atoms with van der Waals surface area (Å²) in [4.78, 5) is 22.2. The Morgan fingerprint density at radius 1 is 1.28 bits per heavy atom. The first-order valence-electron chi connectivity index (χ1n) is 6.89. The van der Waals surface area contributed by atoms with Crippen LogP contribution in [0.1, 0.15) is 38.5 Å². The average Bonchev–Trinajstić information content (AvgIpc) is 2.75. The summed E-state index contributed by atoms with van der Waals surface area (Å²) in [5, 5.41) is 15.4. The Morgan fingerprint density at radius 3 is 2.72 bits per heavy atom. The number of carboxylic acid groups (broad SMARTS) is 1. The van der Waals surface area contributed by atoms with Crippen LogP contribution in [0.25, 0.3) is 0 Å². The van der Waals surface area contributed by atoms with Crippen LogP contribution in [0.3, 0.4) is 0 Å². The predicted octanol–water partition coefficient (Wildman–Crippen LogP) is 0.746. The van der Waals surface area contributed by atoms with E-state index in [1.54, 1.807) is 0 Å². The van der Waals surface area contributed by atoms with Crippen LogP contribution in [0.2, 0.25) is 0 Å². The number of carbonyl (C=O) groups is 2. The molecular weight excluding hydrogens is 232 g/mol. The van der Waals surface area contributed by atoms with Gasteiger partial charge in [-0.15, -0.1) is 0 Å². The molecule has 0 bridgehead atoms. The molecule has 102 valence electrons. The highest BCUT2D eigenvalue weighted by Gasteiger charge is 2.30. The highest BCUT2D eigenvalue weighted by molar-refractivity contribution is 5.78. The molecule has 3 atom stereocenters. The summed E-state index contributed by atoms with van der Waals surface area (Å²) in [5.41, 5.74) is 0. The number of aliphatic carboxylic acids is 1. The quantitative estimate of drug-likeness (QED) is 0.676. The largest absolute Gasteiger partial charge is 0.481 e. The van der Waals surface area contributed by atoms with Crippen LogP contribution in [-0.2, 0) is 9.59 Å². The molecule has 0 aromatic carbocycles. The molecule has 1 saturated carbocycles. The highest BCUT2D eigenvalue weighted by atomic mass is 16.4. The maximum atomic E-state index is 11.1. The number of carboxylic acids is 1. The van der Waals surface area contributed by atoms with Gasteiger partial charge >= 0.3 is 5.97 Å². The fourth-order valence-corrected chi connectivity index (χ4v) is 3.05. The van der Waals surface area contributed by atoms with Gasteiger partial charge in [0, 0.05) is 19.0 Å². The molecule has 18 heavy (non-hydrogen) atoms. The Balaban J connectivity index is 1.71. The van der Waals surface area contributed by atoms with E-state index in [2.05, 4.69) is 10.6 Å². The first kappa shape index (κ1) is 13.3. The second kappa shape index (κ2) is 6.18. The Bertz CT molecular complexity index is 319. The molecule has 0 aromatic heterocycles. The summed E-state index contributed by atoms with van der Waals surface area (Å²) < 4.78 is 0. The van der Waals surface area contributed by atoms with Crippen molar-refractivity contribution in [1.82, 2.24) is 10.6 Å². The topological polar surface area (TPSA) is 78.4 Å². The monoisotopic (exact) mass is 254 g/mol. The summed E-state index contributed by atoms with van der Waals surface area (Å²) >= 11 is 0. The van der Waals surface area contributed by atoms with Gasteiger partial charge in [0.25, 0.3) is 0 Å². The lowest BCUT2D eigenvalue weighted by molar-refractivity contribution is -0.144. The van der Waals surface area contributed by atoms with Crippen molar-refractivity contribution in [2.24, 2.45) is 11.8 Å². The highest BCUT2D eigenvalue weighted by Crippen LogP contribution is 2.29. The Hall–Kier alpha value is -1.10. The Labute approximate surface area is 107 Å². The number of carbonyl (C=O) groups excluding carboxylic acids is 1. The minimum absolute atomic E-state index is 0.128. The maximum Gasteiger partial charge on any atom is 0.306 e. The first-order valence-corrected chi connectivity index (χ1v) is 6.89. The van der Waals surface area contributed by atoms with Gasteiger partial charge in [-0.25, -0.2) is 0 Å². The van der Waals surface area contributed by atoms with Crippen LogP contribution >= 0.6 is 0 Å². The fourth-order valence-electron chi connectivity index (χ4n) is 3.05. The molecule has 2 aliphatic rings. The average molecular weight is 254 g/mol. The zero-order chi connectivity index (χ0) is 13.0. The van der Waals surface area contributed by atoms with E-state index in [4.69, 9.17) is 5.11 Å². The van der Waals surface area contributed by atoms with Gasteiger partial charge in [0.05, 0.1) is 5.92 Å². The van der Waals surface area contributed by atoms with E-state index in [-0.39, 0.29) is 23.8 Å². The van der Waals surface area contributed by atoms with Crippen LogP contribution < -0.4 is 10.6 Å². The number of hydrogen-bond acceptors (Lipinski definition) is 3. The molecule has 3 N–H and O–H groups in total. The van der Waals surface area contributed by atoms with Gasteiger partial charge in [0.15, 0.2) is 0 Å². The first-order chi connectivity index (χ1) is 8.66. The lowest BCUT2D eigenvalue weighted by atomic mass is 9.79. The van der Waals surface area contributed by atoms with E-state index in [1.807, 2.05) is 0 Å². The van der Waals surface area contributed by atoms with E-state index in [0.29, 0.717) is 6.42 Å². The zero-order valence-corrected chi connectivity index (χ0v) is 10.7. The Kier molecular flexibility index (Phi) is 4.58. The van der Waals surface area contributed by atoms with Crippen molar-refractivity contribution in [3.63, 3.8) is 0 Å². The van der Waals surface area contributed by atoms with Crippen LogP contribution in [0.5, 0.6) is 0 Å². The molecule has 3 unspecified atom stereocenters. The molecule has 0 radical (unpaired) electrons. The van der Waals surface area contributed by atoms with Gasteiger partial charge in [0.2, 0.25) is 5.91 Å². The SMILES string of the molecule is O=C1CCC(CNCC2CCCCC2C(=O)O)N1. The molecule has 0 spiro atoms. The third-order valence-corrected chi connectivity index (χ3v) is 4.11. The van der Waals surface area contributed by atoms with Crippen molar-refractivity contribution in [3.05, 3.63) is 0 Å². The summed E-state index contributed by atoms with van der Waals surface area (Å²) in [6.07, 6.45) is 5.48. The fraction of sp³-hybridized carbons (Fsp3) is 0.846. The normalized spacial score (nSPS) is 32.2. The summed E-state index contributed by atoms with van der Waals surface area (Å²) in [6, 6.07) is 0.226. The van der Waals surface area contributed by atoms with Crippen LogP contribution in [-0.4, -0.2) is 36.1 Å². The maximum absolute atomic E-state index is 11.1. The molecule has 5 nitrogen and oxygen atoms in total. The van der Waals surface area contributed by atoms with Gasteiger partial charge in [-0.2, -0.15) is 0 Å². The second-order valence-corrected chi connectivity index (χ2v) is 5.45. The van der Waals surface area contributed by atoms with Gasteiger partial charge in [-0.3, -0.25) is 9.59 Å². The van der Waals surface area contributed by atoms with E-state index in [9.17, 15) is 9.59 Å². The molecule has 2 fully saturated rings. The van der Waals surface area contributed by atoms with Crippen molar-refractivity contribution >= 4 is 11.9 Å². The Morgan fingerprint density at radius 2 is 2.06 bits per heavy atom. The molecular formula is C13H22N2O3. The van der Waals surface area contributed by atoms with Crippen LogP contribution in [0.4, 0.5) is 0 Å². The molecule has 5 heteroatoms. The minimum Gasteiger partial charge on any atom is -0.481 e. The minimum atomic E-state index is -0.657. The van der Waals surface area contributed by atoms with Crippen molar-refractivity contribution in [3.8, 4) is 0 Å². The zero-order valence-electron chi connectivity index (χ0n) is 10.7. The van der Waals surface area contributed by atoms with Gasteiger partial charge < -0.3 is 15.7 Å². The van der Waals surface area contributed by atoms with E-state index in [0.717, 1.165) is 45.2 Å². The van der Waals surface area contributed by atoms with Gasteiger partial charge in [-0.05, 0) is 31.7 Å². The summed E-state index contributed by atoms with van der Waals surface area (Å²) in [6.45, 7) is 1.51. The molecule has 1 saturated heterocycles. The third kappa shape index (κ3) is 3.45. The number of amides is 1. The summed E-state index contributed by atoms with van der Waals surface area (Å²) in [7, 11) is 0. The van der Waals surface area contributed by atoms with Crippen molar-refractivity contribution < 1.29 is 14.7 Å². The van der Waals surface area contributed by atoms with Crippen LogP contribution in [0, 0.1) is 11.8 Å². The number of rotatable bonds is 5. The summed E-state index contributed by atoms with van der Waals surface area (Å²) in [5.74, 6) is -0.476. The smallest absolute Gasteiger partial charge is 0.306 e. The molecule has 1 amide bonds. The standard InChI is InChI=1S/C13H22N2O3/c16-12-6-5-10(15-12)8-14-7-9-3-1-2-4-11(9)13(17)18/h9-11,14H,1-8H2,(H,15,16)(H,17,18). The molecule has 1 aliphatic carbocycles. The molecule has 1 aliphatic heterocycles. The second-order valence-electron chi connectivity index (χ2n) is 5.45. The van der Waals surface area contributed by atoms with Crippen molar-refractivity contribution in [1.29, 1.82) is 0 Å². The number of nitrogens with one attached hydrogen (secondary N) is 2. The molecule has 2 rings (SSSR count). The van der Waals surface area contributed by atoms with E-state index < -0.39 is 5.97 Å². The molecule has 1 heterocycles. The van der Waals surface area contributed by atoms with E-state index in [1.165, 1.54) is 0 Å². The number of hydrogen-bond donors (Lipinski definition) is 3. The van der Waals surface area contributed by atoms with Gasteiger partial charge in [0.1, 0.15) is 0 Å². The van der Waals surface area contributed by atoms with Gasteiger partial charge in [-0.1, -0.05) is 12.8 Å². The van der Waals surface area contributed by atoms with E-state index >= 15 is 0 Å². The lowest BCUT2D eigenvalue weighted by Crippen LogP contribution is -2.40. The lowest BCUT2D eigenvalue weighted by Gasteiger charge is -2.29. The molecule has 0 aromatic rings. The predicted molar refractivity (Wildman–Crippen MR) is 67.1 cm³/mol. The third-order valence-electron chi connectivity index (χ3n) is 4.11.